The molecule has 0 unspecified atom stereocenters. The molecular formula is C14H21N3O9. The predicted molar refractivity (Wildman–Crippen MR) is 85.2 cm³/mol. The van der Waals surface area contributed by atoms with Crippen LogP contribution in [0.25, 0.3) is 0 Å². The molecule has 2 rings (SSSR count). The summed E-state index contributed by atoms with van der Waals surface area (Å²) in [6.45, 7) is -0.371. The van der Waals surface area contributed by atoms with E-state index in [0.717, 1.165) is 0 Å². The van der Waals surface area contributed by atoms with Gasteiger partial charge in [0.05, 0.1) is 26.0 Å². The summed E-state index contributed by atoms with van der Waals surface area (Å²) in [4.78, 5) is 34.3. The number of aliphatic carboxylic acids is 2. The number of carboxylic acid groups (broad SMARTS) is 2. The molecule has 7 N–H and O–H groups in total. The molecular weight excluding hydrogens is 354 g/mol. The van der Waals surface area contributed by atoms with Crippen molar-refractivity contribution in [2.45, 2.75) is 43.8 Å². The number of nitrogens with zero attached hydrogens (tertiary/aromatic N) is 2. The number of nitrogens with two attached hydrogens (primary N) is 1. The first-order valence-corrected chi connectivity index (χ1v) is 7.54. The second-order valence-electron chi connectivity index (χ2n) is 5.45. The van der Waals surface area contributed by atoms with E-state index in [2.05, 4.69) is 4.98 Å². The summed E-state index contributed by atoms with van der Waals surface area (Å²) in [5.41, 5.74) is 4.79. The summed E-state index contributed by atoms with van der Waals surface area (Å²) in [5, 5.41) is 44.0. The van der Waals surface area contributed by atoms with Crippen molar-refractivity contribution in [1.82, 2.24) is 9.55 Å². The average molecular weight is 375 g/mol. The van der Waals surface area contributed by atoms with Crippen molar-refractivity contribution in [2.24, 2.45) is 0 Å². The summed E-state index contributed by atoms with van der Waals surface area (Å²) < 4.78 is 6.47. The number of carboxylic acids is 2. The molecule has 1 aliphatic rings. The average Bonchev–Trinajstić information content (AvgIpc) is 2.84. The van der Waals surface area contributed by atoms with Gasteiger partial charge in [-0.2, -0.15) is 4.98 Å². The number of hydrogen-bond acceptors (Lipinski definition) is 9. The van der Waals surface area contributed by atoms with Gasteiger partial charge in [-0.05, 0) is 6.07 Å². The number of aliphatic hydroxyl groups excluding tert-OH is 3. The zero-order valence-electron chi connectivity index (χ0n) is 13.6. The molecule has 2 heterocycles. The third kappa shape index (κ3) is 6.40. The zero-order chi connectivity index (χ0) is 19.9. The van der Waals surface area contributed by atoms with Gasteiger partial charge in [-0.25, -0.2) is 4.79 Å². The molecule has 0 bridgehead atoms. The highest BCUT2D eigenvalue weighted by atomic mass is 16.6. The summed E-state index contributed by atoms with van der Waals surface area (Å²) in [5.74, 6) is -2.04. The van der Waals surface area contributed by atoms with Crippen LogP contribution in [-0.4, -0.2) is 78.0 Å². The molecule has 146 valence electrons. The van der Waals surface area contributed by atoms with Gasteiger partial charge in [-0.1, -0.05) is 0 Å². The first-order chi connectivity index (χ1) is 12.1. The maximum absolute atomic E-state index is 11.5. The van der Waals surface area contributed by atoms with Crippen molar-refractivity contribution in [2.75, 3.05) is 12.3 Å². The molecule has 0 radical (unpaired) electrons. The zero-order valence-corrected chi connectivity index (χ0v) is 13.6. The summed E-state index contributed by atoms with van der Waals surface area (Å²) in [7, 11) is 0. The Morgan fingerprint density at radius 2 is 1.69 bits per heavy atom. The molecule has 0 aliphatic carbocycles. The van der Waals surface area contributed by atoms with E-state index >= 15 is 0 Å². The lowest BCUT2D eigenvalue weighted by Gasteiger charge is -2.15. The molecule has 1 aromatic rings. The van der Waals surface area contributed by atoms with Crippen molar-refractivity contribution < 1.29 is 39.9 Å². The fourth-order valence-electron chi connectivity index (χ4n) is 2.12. The SMILES string of the molecule is Nc1ccn(C[C@@H]2O[C@H](CO)[C@@H](O)[C@H]2O)c(=O)n1.O=C(O)CCC(=O)O. The summed E-state index contributed by atoms with van der Waals surface area (Å²) >= 11 is 0. The Bertz CT molecular complexity index is 664. The fraction of sp³-hybridized carbons (Fsp3) is 0.571. The monoisotopic (exact) mass is 375 g/mol. The highest BCUT2D eigenvalue weighted by Crippen LogP contribution is 2.21. The van der Waals surface area contributed by atoms with Gasteiger partial charge in [0.25, 0.3) is 0 Å². The van der Waals surface area contributed by atoms with Crippen LogP contribution in [0.5, 0.6) is 0 Å². The van der Waals surface area contributed by atoms with E-state index in [0.29, 0.717) is 0 Å². The number of aromatic nitrogens is 2. The van der Waals surface area contributed by atoms with E-state index in [4.69, 9.17) is 25.8 Å². The van der Waals surface area contributed by atoms with Crippen LogP contribution in [0.4, 0.5) is 5.82 Å². The number of anilines is 1. The number of ether oxygens (including phenoxy) is 1. The molecule has 12 heteroatoms. The van der Waals surface area contributed by atoms with E-state index in [9.17, 15) is 24.6 Å². The third-order valence-electron chi connectivity index (χ3n) is 3.47. The largest absolute Gasteiger partial charge is 0.481 e. The minimum absolute atomic E-state index is 0.0286. The molecule has 1 aliphatic heterocycles. The topological polar surface area (TPSA) is 205 Å². The number of nitrogen functional groups attached to an aromatic ring is 1. The standard InChI is InChI=1S/C10H15N3O5.C4H6O4/c11-7-1-2-13(10(17)12-7)3-5-8(15)9(16)6(4-14)18-5;5-3(6)1-2-4(7)8/h1-2,5-6,8-9,14-16H,3-4H2,(H2,11,12,17);1-2H2,(H,5,6)(H,7,8)/t5-,6+,8-,9+;/m0./s1. The van der Waals surface area contributed by atoms with Gasteiger partial charge in [0.15, 0.2) is 0 Å². The molecule has 4 atom stereocenters. The molecule has 0 saturated carbocycles. The lowest BCUT2D eigenvalue weighted by molar-refractivity contribution is -0.143. The molecule has 1 saturated heterocycles. The maximum atomic E-state index is 11.5. The number of hydrogen-bond donors (Lipinski definition) is 6. The van der Waals surface area contributed by atoms with Gasteiger partial charge >= 0.3 is 17.6 Å². The number of aliphatic hydroxyl groups is 3. The van der Waals surface area contributed by atoms with Crippen LogP contribution in [0.1, 0.15) is 12.8 Å². The van der Waals surface area contributed by atoms with Crippen LogP contribution in [0.2, 0.25) is 0 Å². The predicted octanol–water partition coefficient (Wildman–Crippen LogP) is -2.76. The van der Waals surface area contributed by atoms with E-state index in [1.165, 1.54) is 16.8 Å². The lowest BCUT2D eigenvalue weighted by Crippen LogP contribution is -2.37. The Kier molecular flexibility index (Phi) is 8.12. The maximum Gasteiger partial charge on any atom is 0.349 e. The lowest BCUT2D eigenvalue weighted by atomic mass is 10.1. The molecule has 1 aromatic heterocycles. The van der Waals surface area contributed by atoms with Crippen molar-refractivity contribution in [3.8, 4) is 0 Å². The van der Waals surface area contributed by atoms with Crippen molar-refractivity contribution in [1.29, 1.82) is 0 Å². The highest BCUT2D eigenvalue weighted by molar-refractivity contribution is 5.75. The van der Waals surface area contributed by atoms with Crippen LogP contribution in [0, 0.1) is 0 Å². The van der Waals surface area contributed by atoms with E-state index in [1.807, 2.05) is 0 Å². The van der Waals surface area contributed by atoms with Crippen LogP contribution in [0.15, 0.2) is 17.1 Å². The minimum Gasteiger partial charge on any atom is -0.481 e. The van der Waals surface area contributed by atoms with Crippen molar-refractivity contribution in [3.05, 3.63) is 22.7 Å². The van der Waals surface area contributed by atoms with Gasteiger partial charge in [-0.15, -0.1) is 0 Å². The van der Waals surface area contributed by atoms with Gasteiger partial charge in [0.2, 0.25) is 0 Å². The second kappa shape index (κ2) is 9.82. The molecule has 0 spiro atoms. The Hall–Kier alpha value is -2.54. The van der Waals surface area contributed by atoms with Crippen LogP contribution in [0.3, 0.4) is 0 Å². The summed E-state index contributed by atoms with van der Waals surface area (Å²) in [6.07, 6.45) is -3.11. The van der Waals surface area contributed by atoms with Gasteiger partial charge < -0.3 is 36.0 Å². The molecule has 0 amide bonds. The normalized spacial score (nSPS) is 24.6. The Balaban J connectivity index is 0.000000359. The van der Waals surface area contributed by atoms with E-state index in [-0.39, 0.29) is 25.2 Å². The Labute approximate surface area is 147 Å². The summed E-state index contributed by atoms with van der Waals surface area (Å²) in [6, 6.07) is 1.45. The second-order valence-corrected chi connectivity index (χ2v) is 5.45. The van der Waals surface area contributed by atoms with Gasteiger partial charge in [0, 0.05) is 6.20 Å². The number of rotatable bonds is 6. The first kappa shape index (κ1) is 21.5. The Morgan fingerprint density at radius 3 is 2.12 bits per heavy atom. The van der Waals surface area contributed by atoms with Gasteiger partial charge in [0.1, 0.15) is 30.2 Å². The molecule has 26 heavy (non-hydrogen) atoms. The molecule has 0 aromatic carbocycles. The smallest absolute Gasteiger partial charge is 0.349 e. The van der Waals surface area contributed by atoms with Crippen molar-refractivity contribution >= 4 is 17.8 Å². The van der Waals surface area contributed by atoms with Crippen LogP contribution in [-0.2, 0) is 20.9 Å². The Morgan fingerprint density at radius 1 is 1.15 bits per heavy atom. The highest BCUT2D eigenvalue weighted by Gasteiger charge is 2.42. The first-order valence-electron chi connectivity index (χ1n) is 7.54. The van der Waals surface area contributed by atoms with E-state index in [1.54, 1.807) is 0 Å². The number of carbonyl (C=O) groups is 2. The fourth-order valence-corrected chi connectivity index (χ4v) is 2.12. The third-order valence-corrected chi connectivity index (χ3v) is 3.47. The van der Waals surface area contributed by atoms with Gasteiger partial charge in [-0.3, -0.25) is 14.2 Å². The molecule has 1 fully saturated rings. The van der Waals surface area contributed by atoms with Crippen LogP contribution < -0.4 is 11.4 Å². The van der Waals surface area contributed by atoms with Crippen LogP contribution >= 0.6 is 0 Å². The minimum atomic E-state index is -1.17. The molecule has 12 nitrogen and oxygen atoms in total. The van der Waals surface area contributed by atoms with Crippen molar-refractivity contribution in [3.63, 3.8) is 0 Å². The quantitative estimate of drug-likeness (QED) is 0.300. The van der Waals surface area contributed by atoms with E-state index < -0.39 is 48.7 Å².